The summed E-state index contributed by atoms with van der Waals surface area (Å²) in [4.78, 5) is 83.0. The van der Waals surface area contributed by atoms with Gasteiger partial charge in [-0.05, 0) is 68.0 Å². The van der Waals surface area contributed by atoms with E-state index in [1.165, 1.54) is 37.2 Å². The number of allylic oxidation sites excluding steroid dienone is 2. The first-order valence-electron chi connectivity index (χ1n) is 16.3. The molecule has 7 rings (SSSR count). The number of phenolic OH excluding ortho intramolecular Hbond substituents is 1. The third kappa shape index (κ3) is 4.82. The zero-order chi connectivity index (χ0) is 37.7. The summed E-state index contributed by atoms with van der Waals surface area (Å²) in [7, 11) is 2.79. The molecule has 268 valence electrons. The van der Waals surface area contributed by atoms with Crippen LogP contribution in [0.25, 0.3) is 0 Å². The molecule has 3 aromatic carbocycles. The normalized spacial score (nSPS) is 26.6. The van der Waals surface area contributed by atoms with E-state index in [0.717, 1.165) is 28.0 Å². The zero-order valence-corrected chi connectivity index (χ0v) is 29.0. The van der Waals surface area contributed by atoms with E-state index in [1.807, 2.05) is 0 Å². The fourth-order valence-corrected chi connectivity index (χ4v) is 9.01. The van der Waals surface area contributed by atoms with Gasteiger partial charge in [0, 0.05) is 32.1 Å². The van der Waals surface area contributed by atoms with Gasteiger partial charge in [0.2, 0.25) is 23.6 Å². The number of fused-ring (bicyclic) bond motifs is 4. The van der Waals surface area contributed by atoms with Crippen molar-refractivity contribution in [1.29, 1.82) is 0 Å². The Labute approximate surface area is 300 Å². The van der Waals surface area contributed by atoms with Gasteiger partial charge in [0.05, 0.1) is 49.4 Å². The maximum absolute atomic E-state index is 14.6. The molecule has 6 atom stereocenters. The standard InChI is InChI=1S/C36H31ClFN5O9/c1-16-11-17(5-10-28(16)44)30-20-7-8-21-29(22(20)15-23-33(46)41(35(48)36(23,30)2)18-6-9-25(38)24(37)12-18)34(47)40(32(21)45)19-13-26(42(49)50)31(39(3)4)27(14-19)43(51)52/h5-7,9-14,21-23,29-30,44H,8,15H2,1-4H3/t21-,22+,23-,29-,30-,36+/m0/s1. The van der Waals surface area contributed by atoms with Crippen LogP contribution in [-0.2, 0) is 19.2 Å². The van der Waals surface area contributed by atoms with Gasteiger partial charge >= 0.3 is 11.4 Å². The van der Waals surface area contributed by atoms with Crippen LogP contribution in [-0.4, -0.2) is 52.7 Å². The van der Waals surface area contributed by atoms with Crippen molar-refractivity contribution in [2.24, 2.45) is 29.1 Å². The van der Waals surface area contributed by atoms with Crippen molar-refractivity contribution in [3.05, 3.63) is 102 Å². The summed E-state index contributed by atoms with van der Waals surface area (Å²) in [6.45, 7) is 3.34. The van der Waals surface area contributed by atoms with Gasteiger partial charge in [-0.25, -0.2) is 14.2 Å². The largest absolute Gasteiger partial charge is 0.508 e. The summed E-state index contributed by atoms with van der Waals surface area (Å²) < 4.78 is 14.2. The summed E-state index contributed by atoms with van der Waals surface area (Å²) in [6, 6.07) is 10.3. The number of nitrogens with zero attached hydrogens (tertiary/aromatic N) is 5. The molecule has 14 nitrogen and oxygen atoms in total. The highest BCUT2D eigenvalue weighted by Gasteiger charge is 2.67. The number of phenols is 1. The number of nitro benzene ring substituents is 2. The van der Waals surface area contributed by atoms with Crippen LogP contribution >= 0.6 is 11.6 Å². The van der Waals surface area contributed by atoms with Crippen LogP contribution < -0.4 is 14.7 Å². The number of hydrogen-bond acceptors (Lipinski definition) is 10. The Morgan fingerprint density at radius 2 is 1.56 bits per heavy atom. The number of carbonyl (C=O) groups excluding carboxylic acids is 4. The van der Waals surface area contributed by atoms with E-state index in [1.54, 1.807) is 32.1 Å². The van der Waals surface area contributed by atoms with Crippen LogP contribution in [0.15, 0.2) is 60.2 Å². The predicted octanol–water partition coefficient (Wildman–Crippen LogP) is 5.81. The molecule has 3 fully saturated rings. The fourth-order valence-electron chi connectivity index (χ4n) is 8.83. The molecule has 2 heterocycles. The fraction of sp³-hybridized carbons (Fsp3) is 0.333. The molecule has 3 aromatic rings. The third-order valence-corrected chi connectivity index (χ3v) is 11.4. The number of halogens is 2. The zero-order valence-electron chi connectivity index (χ0n) is 28.2. The van der Waals surface area contributed by atoms with Crippen molar-refractivity contribution in [1.82, 2.24) is 0 Å². The van der Waals surface area contributed by atoms with Crippen molar-refractivity contribution in [3.63, 3.8) is 0 Å². The lowest BCUT2D eigenvalue weighted by molar-refractivity contribution is -0.392. The molecule has 0 bridgehead atoms. The second-order valence-corrected chi connectivity index (χ2v) is 14.5. The molecule has 52 heavy (non-hydrogen) atoms. The third-order valence-electron chi connectivity index (χ3n) is 11.1. The number of aryl methyl sites for hydroxylation is 1. The Kier molecular flexibility index (Phi) is 7.97. The minimum Gasteiger partial charge on any atom is -0.508 e. The van der Waals surface area contributed by atoms with E-state index < -0.39 is 85.7 Å². The topological polar surface area (TPSA) is 185 Å². The van der Waals surface area contributed by atoms with Crippen LogP contribution in [0.2, 0.25) is 5.02 Å². The Morgan fingerprint density at radius 3 is 2.13 bits per heavy atom. The van der Waals surface area contributed by atoms with Crippen LogP contribution in [0.1, 0.15) is 36.8 Å². The number of benzene rings is 3. The Hall–Kier alpha value is -5.70. The lowest BCUT2D eigenvalue weighted by Gasteiger charge is -2.49. The van der Waals surface area contributed by atoms with Gasteiger partial charge in [-0.2, -0.15) is 0 Å². The van der Waals surface area contributed by atoms with Gasteiger partial charge in [-0.1, -0.05) is 35.4 Å². The van der Waals surface area contributed by atoms with Gasteiger partial charge in [0.15, 0.2) is 5.69 Å². The van der Waals surface area contributed by atoms with Gasteiger partial charge in [-0.15, -0.1) is 0 Å². The number of nitro groups is 2. The van der Waals surface area contributed by atoms with Crippen LogP contribution in [0.3, 0.4) is 0 Å². The maximum Gasteiger partial charge on any atom is 0.301 e. The second kappa shape index (κ2) is 11.9. The lowest BCUT2D eigenvalue weighted by atomic mass is 9.51. The Morgan fingerprint density at radius 1 is 0.904 bits per heavy atom. The minimum absolute atomic E-state index is 0.00240. The van der Waals surface area contributed by atoms with Gasteiger partial charge in [0.25, 0.3) is 0 Å². The quantitative estimate of drug-likeness (QED) is 0.140. The molecule has 2 aliphatic heterocycles. The van der Waals surface area contributed by atoms with E-state index in [0.29, 0.717) is 16.7 Å². The average Bonchev–Trinajstić information content (AvgIpc) is 3.46. The molecular formula is C36H31ClFN5O9. The Balaban J connectivity index is 1.36. The highest BCUT2D eigenvalue weighted by molar-refractivity contribution is 6.32. The molecule has 0 radical (unpaired) electrons. The van der Waals surface area contributed by atoms with E-state index >= 15 is 0 Å². The molecule has 4 aliphatic rings. The molecule has 0 unspecified atom stereocenters. The first-order valence-corrected chi connectivity index (χ1v) is 16.7. The van der Waals surface area contributed by atoms with Gasteiger partial charge in [-0.3, -0.25) is 39.4 Å². The molecule has 2 saturated heterocycles. The van der Waals surface area contributed by atoms with Crippen molar-refractivity contribution in [2.75, 3.05) is 28.8 Å². The van der Waals surface area contributed by atoms with Crippen molar-refractivity contribution < 1.29 is 38.5 Å². The number of hydrogen-bond donors (Lipinski definition) is 1. The number of imide groups is 2. The number of rotatable bonds is 6. The van der Waals surface area contributed by atoms with Crippen LogP contribution in [0.4, 0.5) is 32.8 Å². The lowest BCUT2D eigenvalue weighted by Crippen LogP contribution is -2.48. The summed E-state index contributed by atoms with van der Waals surface area (Å²) in [5.74, 6) is -7.99. The van der Waals surface area contributed by atoms with Gasteiger partial charge < -0.3 is 10.0 Å². The van der Waals surface area contributed by atoms with Gasteiger partial charge in [0.1, 0.15) is 11.6 Å². The first-order chi connectivity index (χ1) is 24.5. The molecule has 1 saturated carbocycles. The van der Waals surface area contributed by atoms with E-state index in [2.05, 4.69) is 0 Å². The van der Waals surface area contributed by atoms with Crippen molar-refractivity contribution in [3.8, 4) is 5.75 Å². The molecule has 1 N–H and O–H groups in total. The first kappa shape index (κ1) is 34.7. The van der Waals surface area contributed by atoms with Crippen LogP contribution in [0, 0.1) is 62.1 Å². The van der Waals surface area contributed by atoms with E-state index in [4.69, 9.17) is 11.6 Å². The maximum atomic E-state index is 14.6. The molecule has 16 heteroatoms. The summed E-state index contributed by atoms with van der Waals surface area (Å²) in [5, 5.41) is 34.3. The molecule has 0 aromatic heterocycles. The molecular weight excluding hydrogens is 701 g/mol. The smallest absolute Gasteiger partial charge is 0.301 e. The molecule has 4 amide bonds. The average molecular weight is 732 g/mol. The van der Waals surface area contributed by atoms with Crippen molar-refractivity contribution in [2.45, 2.75) is 32.6 Å². The number of amides is 4. The van der Waals surface area contributed by atoms with Crippen molar-refractivity contribution >= 4 is 63.7 Å². The summed E-state index contributed by atoms with van der Waals surface area (Å²) in [5.41, 5.74) is -1.63. The highest BCUT2D eigenvalue weighted by atomic mass is 35.5. The summed E-state index contributed by atoms with van der Waals surface area (Å²) >= 11 is 6.06. The van der Waals surface area contributed by atoms with E-state index in [-0.39, 0.29) is 40.7 Å². The number of carbonyl (C=O) groups is 4. The monoisotopic (exact) mass is 731 g/mol. The molecule has 0 spiro atoms. The minimum atomic E-state index is -1.43. The second-order valence-electron chi connectivity index (χ2n) is 14.1. The number of anilines is 3. The summed E-state index contributed by atoms with van der Waals surface area (Å²) in [6.07, 6.45) is 1.81. The Bertz CT molecular complexity index is 2170. The number of aromatic hydroxyl groups is 1. The highest BCUT2D eigenvalue weighted by Crippen LogP contribution is 2.64. The SMILES string of the molecule is Cc1cc([C@H]2C3=CC[C@@H]4C(=O)N(c5cc([N+](=O)[O-])c(N(C)C)c([N+](=O)[O-])c5)C(=O)[C@@H]4[C@@H]3C[C@H]3C(=O)N(c4ccc(F)c(Cl)c4)C(=O)[C@@]23C)ccc1O. The van der Waals surface area contributed by atoms with E-state index in [9.17, 15) is 48.9 Å². The van der Waals surface area contributed by atoms with Crippen LogP contribution in [0.5, 0.6) is 5.75 Å². The molecule has 2 aliphatic carbocycles. The predicted molar refractivity (Wildman–Crippen MR) is 185 cm³/mol.